The van der Waals surface area contributed by atoms with Crippen LogP contribution in [0.15, 0.2) is 0 Å². The Balaban J connectivity index is 2.61. The van der Waals surface area contributed by atoms with Crippen LogP contribution in [-0.2, 0) is 0 Å². The van der Waals surface area contributed by atoms with Crippen molar-refractivity contribution in [3.63, 3.8) is 0 Å². The topological polar surface area (TPSA) is 29.3 Å². The maximum atomic E-state index is 5.83. The van der Waals surface area contributed by atoms with E-state index in [2.05, 4.69) is 18.7 Å². The summed E-state index contributed by atoms with van der Waals surface area (Å²) in [6, 6.07) is 0.748. The summed E-state index contributed by atoms with van der Waals surface area (Å²) in [5.41, 5.74) is 5.83. The van der Waals surface area contributed by atoms with E-state index in [-0.39, 0.29) is 0 Å². The molecule has 0 unspecified atom stereocenters. The fourth-order valence-electron chi connectivity index (χ4n) is 2.64. The van der Waals surface area contributed by atoms with Gasteiger partial charge < -0.3 is 10.6 Å². The van der Waals surface area contributed by atoms with Gasteiger partial charge in [0.05, 0.1) is 0 Å². The van der Waals surface area contributed by atoms with E-state index in [1.165, 1.54) is 38.8 Å². The molecule has 0 aromatic carbocycles. The molecule has 0 aromatic rings. The number of nitrogens with zero attached hydrogens (tertiary/aromatic N) is 1. The first kappa shape index (κ1) is 11.0. The summed E-state index contributed by atoms with van der Waals surface area (Å²) in [4.78, 5) is 2.62. The monoisotopic (exact) mass is 184 g/mol. The van der Waals surface area contributed by atoms with Crippen LogP contribution >= 0.6 is 0 Å². The van der Waals surface area contributed by atoms with Gasteiger partial charge in [0.15, 0.2) is 0 Å². The highest BCUT2D eigenvalue weighted by Crippen LogP contribution is 2.23. The van der Waals surface area contributed by atoms with Crippen molar-refractivity contribution in [1.82, 2.24) is 4.90 Å². The van der Waals surface area contributed by atoms with E-state index in [4.69, 9.17) is 5.73 Å². The number of hydrogen-bond acceptors (Lipinski definition) is 2. The van der Waals surface area contributed by atoms with Crippen LogP contribution in [0.1, 0.15) is 39.5 Å². The van der Waals surface area contributed by atoms with Crippen LogP contribution in [0.2, 0.25) is 0 Å². The van der Waals surface area contributed by atoms with Crippen molar-refractivity contribution in [2.75, 3.05) is 19.6 Å². The summed E-state index contributed by atoms with van der Waals surface area (Å²) < 4.78 is 0. The third-order valence-corrected chi connectivity index (χ3v) is 3.41. The normalized spacial score (nSPS) is 31.6. The lowest BCUT2D eigenvalue weighted by atomic mass is 9.93. The molecule has 78 valence electrons. The van der Waals surface area contributed by atoms with Gasteiger partial charge in [-0.15, -0.1) is 0 Å². The molecule has 0 radical (unpaired) electrons. The van der Waals surface area contributed by atoms with Gasteiger partial charge >= 0.3 is 0 Å². The van der Waals surface area contributed by atoms with Crippen LogP contribution in [0.3, 0.4) is 0 Å². The molecule has 0 bridgehead atoms. The predicted molar refractivity (Wildman–Crippen MR) is 57.7 cm³/mol. The molecular weight excluding hydrogens is 160 g/mol. The number of likely N-dealkylation sites (tertiary alicyclic amines) is 1. The van der Waals surface area contributed by atoms with Crippen LogP contribution in [0.25, 0.3) is 0 Å². The SMILES string of the molecule is CC[C@@H]1[C@@H](CN)CCCCN1CC. The molecule has 1 rings (SSSR count). The van der Waals surface area contributed by atoms with Crippen molar-refractivity contribution in [2.45, 2.75) is 45.6 Å². The lowest BCUT2D eigenvalue weighted by Crippen LogP contribution is -2.41. The van der Waals surface area contributed by atoms with Gasteiger partial charge in [-0.25, -0.2) is 0 Å². The van der Waals surface area contributed by atoms with E-state index < -0.39 is 0 Å². The highest BCUT2D eigenvalue weighted by Gasteiger charge is 2.25. The van der Waals surface area contributed by atoms with Crippen LogP contribution < -0.4 is 5.73 Å². The predicted octanol–water partition coefficient (Wildman–Crippen LogP) is 1.85. The van der Waals surface area contributed by atoms with Gasteiger partial charge in [-0.1, -0.05) is 20.3 Å². The standard InChI is InChI=1S/C11H24N2/c1-3-11-10(9-12)7-5-6-8-13(11)4-2/h10-11H,3-9,12H2,1-2H3/t10-,11-/m1/s1. The summed E-state index contributed by atoms with van der Waals surface area (Å²) in [6.45, 7) is 7.90. The molecule has 1 aliphatic rings. The molecule has 1 heterocycles. The fraction of sp³-hybridized carbons (Fsp3) is 1.00. The van der Waals surface area contributed by atoms with Crippen molar-refractivity contribution in [2.24, 2.45) is 11.7 Å². The van der Waals surface area contributed by atoms with Crippen molar-refractivity contribution >= 4 is 0 Å². The summed E-state index contributed by atoms with van der Waals surface area (Å²) in [5.74, 6) is 0.743. The smallest absolute Gasteiger partial charge is 0.0133 e. The first-order valence-electron chi connectivity index (χ1n) is 5.77. The van der Waals surface area contributed by atoms with Gasteiger partial charge in [0.25, 0.3) is 0 Å². The van der Waals surface area contributed by atoms with E-state index >= 15 is 0 Å². The highest BCUT2D eigenvalue weighted by atomic mass is 15.2. The Morgan fingerprint density at radius 2 is 2.08 bits per heavy atom. The Labute approximate surface area is 82.5 Å². The quantitative estimate of drug-likeness (QED) is 0.725. The zero-order valence-electron chi connectivity index (χ0n) is 9.13. The molecule has 0 aliphatic carbocycles. The Hall–Kier alpha value is -0.0800. The van der Waals surface area contributed by atoms with Crippen molar-refractivity contribution in [1.29, 1.82) is 0 Å². The maximum absolute atomic E-state index is 5.83. The lowest BCUT2D eigenvalue weighted by molar-refractivity contribution is 0.160. The van der Waals surface area contributed by atoms with Gasteiger partial charge in [0, 0.05) is 6.04 Å². The van der Waals surface area contributed by atoms with Crippen LogP contribution in [0.4, 0.5) is 0 Å². The van der Waals surface area contributed by atoms with Crippen LogP contribution in [0.5, 0.6) is 0 Å². The highest BCUT2D eigenvalue weighted by molar-refractivity contribution is 4.81. The summed E-state index contributed by atoms with van der Waals surface area (Å²) in [5, 5.41) is 0. The average molecular weight is 184 g/mol. The molecule has 0 spiro atoms. The van der Waals surface area contributed by atoms with E-state index in [1.807, 2.05) is 0 Å². The van der Waals surface area contributed by atoms with E-state index in [1.54, 1.807) is 0 Å². The largest absolute Gasteiger partial charge is 0.330 e. The van der Waals surface area contributed by atoms with Crippen molar-refractivity contribution in [3.05, 3.63) is 0 Å². The van der Waals surface area contributed by atoms with E-state index in [0.29, 0.717) is 0 Å². The van der Waals surface area contributed by atoms with Gasteiger partial charge in [0.1, 0.15) is 0 Å². The minimum absolute atomic E-state index is 0.743. The third-order valence-electron chi connectivity index (χ3n) is 3.41. The summed E-state index contributed by atoms with van der Waals surface area (Å²) in [7, 11) is 0. The molecule has 0 aromatic heterocycles. The molecule has 13 heavy (non-hydrogen) atoms. The number of nitrogens with two attached hydrogens (primary N) is 1. The summed E-state index contributed by atoms with van der Waals surface area (Å²) in [6.07, 6.45) is 5.33. The molecule has 1 fully saturated rings. The third kappa shape index (κ3) is 2.68. The van der Waals surface area contributed by atoms with Gasteiger partial charge in [-0.2, -0.15) is 0 Å². The molecule has 2 N–H and O–H groups in total. The second-order valence-corrected chi connectivity index (χ2v) is 4.10. The Kier molecular flexibility index (Phi) is 4.74. The molecule has 1 saturated heterocycles. The van der Waals surface area contributed by atoms with Gasteiger partial charge in [-0.3, -0.25) is 0 Å². The Morgan fingerprint density at radius 1 is 1.31 bits per heavy atom. The first-order valence-corrected chi connectivity index (χ1v) is 5.77. The summed E-state index contributed by atoms with van der Waals surface area (Å²) >= 11 is 0. The molecule has 2 nitrogen and oxygen atoms in total. The van der Waals surface area contributed by atoms with Gasteiger partial charge in [-0.05, 0) is 44.8 Å². The van der Waals surface area contributed by atoms with Crippen LogP contribution in [-0.4, -0.2) is 30.6 Å². The minimum atomic E-state index is 0.743. The number of rotatable bonds is 3. The fourth-order valence-corrected chi connectivity index (χ4v) is 2.64. The molecule has 2 heteroatoms. The molecule has 2 atom stereocenters. The minimum Gasteiger partial charge on any atom is -0.330 e. The molecular formula is C11H24N2. The van der Waals surface area contributed by atoms with Crippen molar-refractivity contribution < 1.29 is 0 Å². The van der Waals surface area contributed by atoms with E-state index in [0.717, 1.165) is 18.5 Å². The molecule has 1 aliphatic heterocycles. The average Bonchev–Trinajstić information content (AvgIpc) is 2.37. The molecule has 0 amide bonds. The zero-order chi connectivity index (χ0) is 9.68. The van der Waals surface area contributed by atoms with Crippen molar-refractivity contribution in [3.8, 4) is 0 Å². The zero-order valence-corrected chi connectivity index (χ0v) is 9.13. The number of hydrogen-bond donors (Lipinski definition) is 1. The second kappa shape index (κ2) is 5.61. The van der Waals surface area contributed by atoms with Gasteiger partial charge in [0.2, 0.25) is 0 Å². The molecule has 0 saturated carbocycles. The first-order chi connectivity index (χ1) is 6.33. The Morgan fingerprint density at radius 3 is 2.62 bits per heavy atom. The Bertz CT molecular complexity index is 122. The van der Waals surface area contributed by atoms with Crippen LogP contribution in [0, 0.1) is 5.92 Å². The van der Waals surface area contributed by atoms with E-state index in [9.17, 15) is 0 Å². The second-order valence-electron chi connectivity index (χ2n) is 4.10. The lowest BCUT2D eigenvalue weighted by Gasteiger charge is -2.33. The maximum Gasteiger partial charge on any atom is 0.0133 e.